The SMILES string of the molecule is CC(C)CC(=O)C(=O)NC[C@@H]1CCN(c2cnn(C)c(=O)c2)C1. The first-order chi connectivity index (χ1) is 10.9. The van der Waals surface area contributed by atoms with E-state index in [1.807, 2.05) is 13.8 Å². The van der Waals surface area contributed by atoms with Gasteiger partial charge in [-0.15, -0.1) is 0 Å². The van der Waals surface area contributed by atoms with E-state index in [4.69, 9.17) is 0 Å². The molecule has 1 aliphatic rings. The lowest BCUT2D eigenvalue weighted by Gasteiger charge is -2.18. The second-order valence-electron chi connectivity index (χ2n) is 6.51. The number of nitrogens with one attached hydrogen (secondary N) is 1. The molecule has 2 heterocycles. The number of aromatic nitrogens is 2. The molecule has 0 radical (unpaired) electrons. The number of rotatable bonds is 6. The molecule has 1 atom stereocenters. The van der Waals surface area contributed by atoms with E-state index in [1.165, 1.54) is 4.68 Å². The van der Waals surface area contributed by atoms with Crippen LogP contribution in [0.1, 0.15) is 26.7 Å². The molecule has 7 heteroatoms. The Kier molecular flexibility index (Phi) is 5.52. The number of aryl methyl sites for hydroxylation is 1. The fourth-order valence-electron chi connectivity index (χ4n) is 2.67. The maximum absolute atomic E-state index is 11.7. The Morgan fingerprint density at radius 2 is 2.17 bits per heavy atom. The third-order valence-electron chi connectivity index (χ3n) is 4.00. The van der Waals surface area contributed by atoms with Gasteiger partial charge in [0.2, 0.25) is 5.78 Å². The van der Waals surface area contributed by atoms with Crippen molar-refractivity contribution in [3.63, 3.8) is 0 Å². The highest BCUT2D eigenvalue weighted by Crippen LogP contribution is 2.21. The van der Waals surface area contributed by atoms with Gasteiger partial charge in [0.05, 0.1) is 11.9 Å². The molecule has 1 saturated heterocycles. The van der Waals surface area contributed by atoms with Crippen molar-refractivity contribution in [2.45, 2.75) is 26.7 Å². The summed E-state index contributed by atoms with van der Waals surface area (Å²) in [6.07, 6.45) is 2.87. The number of Topliss-reactive ketones (excluding diaryl/α,β-unsaturated/α-hetero) is 1. The van der Waals surface area contributed by atoms with Gasteiger partial charge in [0, 0.05) is 39.2 Å². The maximum Gasteiger partial charge on any atom is 0.287 e. The summed E-state index contributed by atoms with van der Waals surface area (Å²) in [7, 11) is 1.61. The van der Waals surface area contributed by atoms with Crippen molar-refractivity contribution in [3.05, 3.63) is 22.6 Å². The Balaban J connectivity index is 1.83. The predicted octanol–water partition coefficient (Wildman–Crippen LogP) is 0.338. The molecule has 0 unspecified atom stereocenters. The average Bonchev–Trinajstić information content (AvgIpc) is 2.95. The van der Waals surface area contributed by atoms with E-state index in [0.29, 0.717) is 6.54 Å². The second-order valence-corrected chi connectivity index (χ2v) is 6.51. The molecule has 126 valence electrons. The topological polar surface area (TPSA) is 84.3 Å². The minimum Gasteiger partial charge on any atom is -0.370 e. The average molecular weight is 320 g/mol. The Hall–Kier alpha value is -2.18. The Bertz CT molecular complexity index is 638. The van der Waals surface area contributed by atoms with Gasteiger partial charge in [0.25, 0.3) is 11.5 Å². The molecule has 0 spiro atoms. The highest BCUT2D eigenvalue weighted by atomic mass is 16.2. The van der Waals surface area contributed by atoms with Crippen LogP contribution in [0.25, 0.3) is 0 Å². The number of anilines is 1. The maximum atomic E-state index is 11.7. The van der Waals surface area contributed by atoms with Crippen molar-refractivity contribution < 1.29 is 9.59 Å². The first kappa shape index (κ1) is 17.2. The van der Waals surface area contributed by atoms with Crippen LogP contribution in [-0.2, 0) is 16.6 Å². The van der Waals surface area contributed by atoms with Gasteiger partial charge in [-0.05, 0) is 18.3 Å². The van der Waals surface area contributed by atoms with Gasteiger partial charge in [-0.2, -0.15) is 5.10 Å². The standard InChI is InChI=1S/C16H24N4O3/c1-11(2)6-14(21)16(23)17-8-12-4-5-20(10-12)13-7-15(22)19(3)18-9-13/h7,9,11-12H,4-6,8,10H2,1-3H3,(H,17,23)/t12-/m0/s1. The summed E-state index contributed by atoms with van der Waals surface area (Å²) < 4.78 is 1.29. The first-order valence-electron chi connectivity index (χ1n) is 7.96. The highest BCUT2D eigenvalue weighted by Gasteiger charge is 2.24. The lowest BCUT2D eigenvalue weighted by Crippen LogP contribution is -2.36. The van der Waals surface area contributed by atoms with Crippen LogP contribution in [0, 0.1) is 11.8 Å². The summed E-state index contributed by atoms with van der Waals surface area (Å²) in [6, 6.07) is 1.57. The van der Waals surface area contributed by atoms with Gasteiger partial charge in [0.1, 0.15) is 0 Å². The largest absolute Gasteiger partial charge is 0.370 e. The molecule has 0 saturated carbocycles. The van der Waals surface area contributed by atoms with Crippen molar-refractivity contribution in [3.8, 4) is 0 Å². The zero-order valence-electron chi connectivity index (χ0n) is 13.9. The number of carbonyl (C=O) groups excluding carboxylic acids is 2. The van der Waals surface area contributed by atoms with Gasteiger partial charge >= 0.3 is 0 Å². The Morgan fingerprint density at radius 3 is 2.83 bits per heavy atom. The van der Waals surface area contributed by atoms with Crippen LogP contribution in [0.4, 0.5) is 5.69 Å². The third kappa shape index (κ3) is 4.64. The van der Waals surface area contributed by atoms with Crippen LogP contribution in [-0.4, -0.2) is 41.1 Å². The zero-order chi connectivity index (χ0) is 17.0. The molecule has 7 nitrogen and oxygen atoms in total. The number of ketones is 1. The molecule has 0 aromatic carbocycles. The van der Waals surface area contributed by atoms with Crippen molar-refractivity contribution in [1.29, 1.82) is 0 Å². The molecule has 1 fully saturated rings. The molecule has 0 bridgehead atoms. The molecule has 1 amide bonds. The van der Waals surface area contributed by atoms with Crippen LogP contribution in [0.15, 0.2) is 17.1 Å². The molecule has 1 aromatic heterocycles. The van der Waals surface area contributed by atoms with Gasteiger partial charge in [-0.1, -0.05) is 13.8 Å². The fourth-order valence-corrected chi connectivity index (χ4v) is 2.67. The summed E-state index contributed by atoms with van der Waals surface area (Å²) >= 11 is 0. The Morgan fingerprint density at radius 1 is 1.43 bits per heavy atom. The van der Waals surface area contributed by atoms with Crippen LogP contribution >= 0.6 is 0 Å². The van der Waals surface area contributed by atoms with Gasteiger partial charge in [-0.3, -0.25) is 14.4 Å². The van der Waals surface area contributed by atoms with E-state index >= 15 is 0 Å². The third-order valence-corrected chi connectivity index (χ3v) is 4.00. The van der Waals surface area contributed by atoms with Crippen molar-refractivity contribution in [2.24, 2.45) is 18.9 Å². The molecule has 1 aliphatic heterocycles. The van der Waals surface area contributed by atoms with E-state index in [-0.39, 0.29) is 29.6 Å². The normalized spacial score (nSPS) is 17.6. The summed E-state index contributed by atoms with van der Waals surface area (Å²) in [6.45, 7) is 5.87. The molecule has 2 rings (SSSR count). The fraction of sp³-hybridized carbons (Fsp3) is 0.625. The Labute approximate surface area is 135 Å². The zero-order valence-corrected chi connectivity index (χ0v) is 13.9. The second kappa shape index (κ2) is 7.39. The van der Waals surface area contributed by atoms with Crippen LogP contribution in [0.5, 0.6) is 0 Å². The summed E-state index contributed by atoms with van der Waals surface area (Å²) in [5.74, 6) is -0.392. The van der Waals surface area contributed by atoms with Gasteiger partial charge in [-0.25, -0.2) is 4.68 Å². The summed E-state index contributed by atoms with van der Waals surface area (Å²) in [5, 5.41) is 6.75. The number of amides is 1. The minimum absolute atomic E-state index is 0.140. The van der Waals surface area contributed by atoms with Crippen molar-refractivity contribution in [2.75, 3.05) is 24.5 Å². The molecule has 23 heavy (non-hydrogen) atoms. The van der Waals surface area contributed by atoms with E-state index in [1.54, 1.807) is 19.3 Å². The molecular weight excluding hydrogens is 296 g/mol. The number of nitrogens with zero attached hydrogens (tertiary/aromatic N) is 3. The summed E-state index contributed by atoms with van der Waals surface area (Å²) in [5.41, 5.74) is 0.663. The molecule has 1 N–H and O–H groups in total. The minimum atomic E-state index is -0.493. The van der Waals surface area contributed by atoms with Crippen LogP contribution < -0.4 is 15.8 Å². The van der Waals surface area contributed by atoms with Crippen LogP contribution in [0.2, 0.25) is 0 Å². The highest BCUT2D eigenvalue weighted by molar-refractivity contribution is 6.36. The van der Waals surface area contributed by atoms with E-state index < -0.39 is 5.91 Å². The number of hydrogen-bond donors (Lipinski definition) is 1. The molecule has 0 aliphatic carbocycles. The van der Waals surface area contributed by atoms with Gasteiger partial charge < -0.3 is 10.2 Å². The van der Waals surface area contributed by atoms with Crippen molar-refractivity contribution in [1.82, 2.24) is 15.1 Å². The van der Waals surface area contributed by atoms with E-state index in [9.17, 15) is 14.4 Å². The van der Waals surface area contributed by atoms with E-state index in [0.717, 1.165) is 25.2 Å². The lowest BCUT2D eigenvalue weighted by atomic mass is 10.1. The van der Waals surface area contributed by atoms with Crippen LogP contribution in [0.3, 0.4) is 0 Å². The monoisotopic (exact) mass is 320 g/mol. The van der Waals surface area contributed by atoms with E-state index in [2.05, 4.69) is 15.3 Å². The number of carbonyl (C=O) groups is 2. The van der Waals surface area contributed by atoms with Crippen molar-refractivity contribution >= 4 is 17.4 Å². The first-order valence-corrected chi connectivity index (χ1v) is 7.96. The molecular formula is C16H24N4O3. The molecule has 1 aromatic rings. The summed E-state index contributed by atoms with van der Waals surface area (Å²) in [4.78, 5) is 37.1. The smallest absolute Gasteiger partial charge is 0.287 e. The predicted molar refractivity (Wildman–Crippen MR) is 87.3 cm³/mol. The quantitative estimate of drug-likeness (QED) is 0.764. The lowest BCUT2D eigenvalue weighted by molar-refractivity contribution is -0.138. The number of hydrogen-bond acceptors (Lipinski definition) is 5. The van der Waals surface area contributed by atoms with Gasteiger partial charge in [0.15, 0.2) is 0 Å².